The predicted molar refractivity (Wildman–Crippen MR) is 77.8 cm³/mol. The first-order valence-electron chi connectivity index (χ1n) is 7.85. The molecule has 3 heteroatoms. The summed E-state index contributed by atoms with van der Waals surface area (Å²) in [5.74, 6) is -1.09. The van der Waals surface area contributed by atoms with Gasteiger partial charge in [-0.15, -0.1) is 0 Å². The van der Waals surface area contributed by atoms with Gasteiger partial charge in [-0.2, -0.15) is 0 Å². The molecule has 0 atom stereocenters. The van der Waals surface area contributed by atoms with Gasteiger partial charge < -0.3 is 14.8 Å². The number of carbonyl (C=O) groups is 1. The molecule has 0 aliphatic heterocycles. The Morgan fingerprint density at radius 2 is 1.35 bits per heavy atom. The largest absolute Gasteiger partial charge is 0.545 e. The molecule has 20 heavy (non-hydrogen) atoms. The molecule has 1 aromatic carbocycles. The van der Waals surface area contributed by atoms with Gasteiger partial charge in [0.05, 0.1) is 5.97 Å². The Kier molecular flexibility index (Phi) is 3.95. The molecular weight excluding hydrogens is 250 g/mol. The molecule has 3 rings (SSSR count). The van der Waals surface area contributed by atoms with Crippen LogP contribution >= 0.6 is 0 Å². The standard InChI is InChI=1S/C17H23NO2/c19-17(20)13-9-11-16(12-10-13)18(14-5-1-2-6-14)15-7-3-4-8-15/h9-12,14-15H,1-8H2,(H,19,20)/p-1. The molecule has 2 aliphatic rings. The summed E-state index contributed by atoms with van der Waals surface area (Å²) in [6, 6.07) is 8.57. The van der Waals surface area contributed by atoms with E-state index in [0.717, 1.165) is 0 Å². The molecule has 0 N–H and O–H groups in total. The van der Waals surface area contributed by atoms with Crippen molar-refractivity contribution in [1.82, 2.24) is 0 Å². The minimum atomic E-state index is -1.09. The zero-order chi connectivity index (χ0) is 13.9. The number of hydrogen-bond acceptors (Lipinski definition) is 3. The molecule has 0 amide bonds. The SMILES string of the molecule is O=C([O-])c1ccc(N(C2CCCC2)C2CCCC2)cc1. The summed E-state index contributed by atoms with van der Waals surface area (Å²) >= 11 is 0. The first kappa shape index (κ1) is 13.5. The monoisotopic (exact) mass is 272 g/mol. The van der Waals surface area contributed by atoms with Crippen LogP contribution in [0.25, 0.3) is 0 Å². The Balaban J connectivity index is 1.85. The Hall–Kier alpha value is -1.51. The molecule has 3 nitrogen and oxygen atoms in total. The number of anilines is 1. The topological polar surface area (TPSA) is 43.4 Å². The fraction of sp³-hybridized carbons (Fsp3) is 0.588. The highest BCUT2D eigenvalue weighted by atomic mass is 16.4. The number of hydrogen-bond donors (Lipinski definition) is 0. The third-order valence-electron chi connectivity index (χ3n) is 4.84. The summed E-state index contributed by atoms with van der Waals surface area (Å²) in [5, 5.41) is 10.9. The number of aromatic carboxylic acids is 1. The minimum Gasteiger partial charge on any atom is -0.545 e. The number of rotatable bonds is 4. The minimum absolute atomic E-state index is 0.270. The van der Waals surface area contributed by atoms with Crippen LogP contribution < -0.4 is 10.0 Å². The Morgan fingerprint density at radius 1 is 0.900 bits per heavy atom. The van der Waals surface area contributed by atoms with Gasteiger partial charge in [0.1, 0.15) is 0 Å². The van der Waals surface area contributed by atoms with Crippen LogP contribution in [0.2, 0.25) is 0 Å². The van der Waals surface area contributed by atoms with E-state index < -0.39 is 5.97 Å². The summed E-state index contributed by atoms with van der Waals surface area (Å²) in [6.45, 7) is 0. The van der Waals surface area contributed by atoms with Gasteiger partial charge in [-0.1, -0.05) is 37.8 Å². The maximum Gasteiger partial charge on any atom is 0.0715 e. The van der Waals surface area contributed by atoms with Gasteiger partial charge in [0.15, 0.2) is 0 Å². The van der Waals surface area contributed by atoms with Crippen molar-refractivity contribution in [2.45, 2.75) is 63.5 Å². The lowest BCUT2D eigenvalue weighted by Gasteiger charge is -2.37. The molecule has 0 saturated heterocycles. The van der Waals surface area contributed by atoms with Crippen molar-refractivity contribution >= 4 is 11.7 Å². The van der Waals surface area contributed by atoms with E-state index in [1.165, 1.54) is 57.1 Å². The zero-order valence-electron chi connectivity index (χ0n) is 11.9. The normalized spacial score (nSPS) is 20.4. The molecule has 108 valence electrons. The average Bonchev–Trinajstić information content (AvgIpc) is 3.13. The Bertz CT molecular complexity index is 440. The van der Waals surface area contributed by atoms with E-state index in [2.05, 4.69) is 4.90 Å². The highest BCUT2D eigenvalue weighted by molar-refractivity contribution is 5.86. The van der Waals surface area contributed by atoms with E-state index >= 15 is 0 Å². The van der Waals surface area contributed by atoms with Crippen LogP contribution in [-0.4, -0.2) is 18.1 Å². The third kappa shape index (κ3) is 2.67. The lowest BCUT2D eigenvalue weighted by molar-refractivity contribution is -0.255. The summed E-state index contributed by atoms with van der Waals surface area (Å²) in [5.41, 5.74) is 1.46. The van der Waals surface area contributed by atoms with Gasteiger partial charge >= 0.3 is 0 Å². The molecule has 0 heterocycles. The number of carboxylic acid groups (broad SMARTS) is 1. The fourth-order valence-corrected chi connectivity index (χ4v) is 3.85. The summed E-state index contributed by atoms with van der Waals surface area (Å²) in [6.07, 6.45) is 10.4. The molecule has 1 aromatic rings. The molecule has 2 aliphatic carbocycles. The maximum absolute atomic E-state index is 10.9. The lowest BCUT2D eigenvalue weighted by Crippen LogP contribution is -2.40. The second-order valence-corrected chi connectivity index (χ2v) is 6.12. The van der Waals surface area contributed by atoms with Crippen LogP contribution in [0.1, 0.15) is 61.7 Å². The van der Waals surface area contributed by atoms with E-state index in [-0.39, 0.29) is 5.56 Å². The third-order valence-corrected chi connectivity index (χ3v) is 4.84. The second-order valence-electron chi connectivity index (χ2n) is 6.12. The molecule has 0 unspecified atom stereocenters. The van der Waals surface area contributed by atoms with Crippen LogP contribution in [0.4, 0.5) is 5.69 Å². The van der Waals surface area contributed by atoms with E-state index in [0.29, 0.717) is 12.1 Å². The van der Waals surface area contributed by atoms with Crippen LogP contribution in [-0.2, 0) is 0 Å². The van der Waals surface area contributed by atoms with Gasteiger partial charge in [-0.05, 0) is 43.4 Å². The molecule has 0 aromatic heterocycles. The van der Waals surface area contributed by atoms with Crippen molar-refractivity contribution in [3.63, 3.8) is 0 Å². The summed E-state index contributed by atoms with van der Waals surface area (Å²) in [4.78, 5) is 13.5. The number of benzene rings is 1. The Morgan fingerprint density at radius 3 is 1.75 bits per heavy atom. The van der Waals surface area contributed by atoms with Crippen LogP contribution in [0.15, 0.2) is 24.3 Å². The van der Waals surface area contributed by atoms with Crippen molar-refractivity contribution in [3.8, 4) is 0 Å². The van der Waals surface area contributed by atoms with E-state index in [1.54, 1.807) is 12.1 Å². The molecule has 0 radical (unpaired) electrons. The highest BCUT2D eigenvalue weighted by Gasteiger charge is 2.30. The second kappa shape index (κ2) is 5.86. The van der Waals surface area contributed by atoms with Crippen molar-refractivity contribution in [2.75, 3.05) is 4.90 Å². The maximum atomic E-state index is 10.9. The summed E-state index contributed by atoms with van der Waals surface area (Å²) < 4.78 is 0. The highest BCUT2D eigenvalue weighted by Crippen LogP contribution is 2.35. The van der Waals surface area contributed by atoms with E-state index in [9.17, 15) is 9.90 Å². The van der Waals surface area contributed by atoms with Crippen molar-refractivity contribution in [3.05, 3.63) is 29.8 Å². The predicted octanol–water partition coefficient (Wildman–Crippen LogP) is 2.74. The van der Waals surface area contributed by atoms with Crippen LogP contribution in [0.3, 0.4) is 0 Å². The van der Waals surface area contributed by atoms with Gasteiger partial charge in [-0.3, -0.25) is 0 Å². The van der Waals surface area contributed by atoms with E-state index in [4.69, 9.17) is 0 Å². The smallest absolute Gasteiger partial charge is 0.0715 e. The van der Waals surface area contributed by atoms with Gasteiger partial charge in [-0.25, -0.2) is 0 Å². The summed E-state index contributed by atoms with van der Waals surface area (Å²) in [7, 11) is 0. The average molecular weight is 272 g/mol. The molecule has 2 saturated carbocycles. The lowest BCUT2D eigenvalue weighted by atomic mass is 10.1. The van der Waals surface area contributed by atoms with Gasteiger partial charge in [0.25, 0.3) is 0 Å². The molecular formula is C17H22NO2-. The Labute approximate surface area is 120 Å². The van der Waals surface area contributed by atoms with Crippen molar-refractivity contribution in [1.29, 1.82) is 0 Å². The van der Waals surface area contributed by atoms with Crippen LogP contribution in [0, 0.1) is 0 Å². The van der Waals surface area contributed by atoms with Gasteiger partial charge in [0, 0.05) is 17.8 Å². The fourth-order valence-electron chi connectivity index (χ4n) is 3.85. The molecule has 0 spiro atoms. The quantitative estimate of drug-likeness (QED) is 0.846. The van der Waals surface area contributed by atoms with Crippen LogP contribution in [0.5, 0.6) is 0 Å². The molecule has 2 fully saturated rings. The zero-order valence-corrected chi connectivity index (χ0v) is 11.9. The number of carboxylic acids is 1. The van der Waals surface area contributed by atoms with Gasteiger partial charge in [0.2, 0.25) is 0 Å². The van der Waals surface area contributed by atoms with Crippen molar-refractivity contribution < 1.29 is 9.90 Å². The number of carbonyl (C=O) groups excluding carboxylic acids is 1. The van der Waals surface area contributed by atoms with Crippen molar-refractivity contribution in [2.24, 2.45) is 0 Å². The molecule has 0 bridgehead atoms. The van der Waals surface area contributed by atoms with E-state index in [1.807, 2.05) is 12.1 Å². The first-order valence-corrected chi connectivity index (χ1v) is 7.85. The number of nitrogens with zero attached hydrogens (tertiary/aromatic N) is 1. The first-order chi connectivity index (χ1) is 9.75.